The fourth-order valence-electron chi connectivity index (χ4n) is 1.75. The molecule has 2 rings (SSSR count). The third kappa shape index (κ3) is 3.37. The summed E-state index contributed by atoms with van der Waals surface area (Å²) in [5.41, 5.74) is 2.26. The van der Waals surface area contributed by atoms with Crippen molar-refractivity contribution in [2.24, 2.45) is 0 Å². The molecule has 0 radical (unpaired) electrons. The molecule has 0 bridgehead atoms. The second-order valence-corrected chi connectivity index (χ2v) is 5.40. The number of aromatic nitrogens is 2. The first kappa shape index (κ1) is 15.4. The summed E-state index contributed by atoms with van der Waals surface area (Å²) in [7, 11) is 0. The minimum absolute atomic E-state index is 0.287. The maximum Gasteiger partial charge on any atom is 0.281 e. The van der Waals surface area contributed by atoms with E-state index in [1.165, 1.54) is 11.3 Å². The molecule has 0 aliphatic rings. The fraction of sp³-hybridized carbons (Fsp3) is 0.357. The van der Waals surface area contributed by atoms with E-state index < -0.39 is 6.10 Å². The molecular formula is C14H17N3O3S. The molecule has 7 heteroatoms. The van der Waals surface area contributed by atoms with E-state index in [0.717, 1.165) is 4.68 Å². The van der Waals surface area contributed by atoms with Gasteiger partial charge in [0.2, 0.25) is 0 Å². The maximum absolute atomic E-state index is 12.3. The van der Waals surface area contributed by atoms with Crippen molar-refractivity contribution < 1.29 is 9.53 Å². The van der Waals surface area contributed by atoms with Crippen LogP contribution in [0.25, 0.3) is 10.2 Å². The summed E-state index contributed by atoms with van der Waals surface area (Å²) in [4.78, 5) is 29.3. The zero-order valence-corrected chi connectivity index (χ0v) is 12.8. The van der Waals surface area contributed by atoms with E-state index in [1.807, 2.05) is 0 Å². The lowest BCUT2D eigenvalue weighted by Gasteiger charge is -2.15. The normalized spacial score (nSPS) is 12.3. The van der Waals surface area contributed by atoms with E-state index in [0.29, 0.717) is 29.1 Å². The number of rotatable bonds is 6. The van der Waals surface area contributed by atoms with Gasteiger partial charge in [-0.2, -0.15) is 0 Å². The van der Waals surface area contributed by atoms with Gasteiger partial charge in [-0.05, 0) is 31.7 Å². The third-order valence-corrected chi connectivity index (χ3v) is 3.75. The van der Waals surface area contributed by atoms with Gasteiger partial charge in [0.15, 0.2) is 0 Å². The smallest absolute Gasteiger partial charge is 0.281 e. The molecule has 0 aromatic carbocycles. The molecule has 1 N–H and O–H groups in total. The Bertz CT molecular complexity index is 720. The van der Waals surface area contributed by atoms with Crippen LogP contribution in [0.2, 0.25) is 0 Å². The highest BCUT2D eigenvalue weighted by Gasteiger charge is 2.16. The number of carbonyl (C=O) groups excluding carboxylic acids is 1. The summed E-state index contributed by atoms with van der Waals surface area (Å²) in [5, 5.41) is 2.29. The van der Waals surface area contributed by atoms with Crippen LogP contribution < -0.4 is 11.0 Å². The van der Waals surface area contributed by atoms with Crippen molar-refractivity contribution in [1.82, 2.24) is 9.66 Å². The number of fused-ring (bicyclic) bond motifs is 1. The molecule has 21 heavy (non-hydrogen) atoms. The monoisotopic (exact) mass is 307 g/mol. The summed E-state index contributed by atoms with van der Waals surface area (Å²) >= 11 is 1.39. The van der Waals surface area contributed by atoms with E-state index in [1.54, 1.807) is 31.4 Å². The van der Waals surface area contributed by atoms with Crippen LogP contribution in [0.15, 0.2) is 28.9 Å². The highest BCUT2D eigenvalue weighted by atomic mass is 32.1. The molecule has 0 aliphatic carbocycles. The van der Waals surface area contributed by atoms with Crippen LogP contribution >= 0.6 is 11.3 Å². The Kier molecular flexibility index (Phi) is 4.87. The molecule has 2 heterocycles. The predicted molar refractivity (Wildman–Crippen MR) is 83.2 cm³/mol. The van der Waals surface area contributed by atoms with Crippen molar-refractivity contribution >= 4 is 27.5 Å². The van der Waals surface area contributed by atoms with Crippen LogP contribution in [-0.2, 0) is 9.53 Å². The molecule has 0 aliphatic heterocycles. The van der Waals surface area contributed by atoms with Gasteiger partial charge in [-0.3, -0.25) is 15.0 Å². The first-order valence-electron chi connectivity index (χ1n) is 6.55. The summed E-state index contributed by atoms with van der Waals surface area (Å²) in [6.07, 6.45) is 1.72. The van der Waals surface area contributed by atoms with E-state index in [-0.39, 0.29) is 11.5 Å². The quantitative estimate of drug-likeness (QED) is 0.652. The van der Waals surface area contributed by atoms with Crippen LogP contribution in [-0.4, -0.2) is 28.3 Å². The number of thiophene rings is 1. The molecule has 0 spiro atoms. The SMILES string of the molecule is C=CCCOC(C)C(=O)Nn1c(C)nc2sccc2c1=O. The molecule has 0 fully saturated rings. The van der Waals surface area contributed by atoms with E-state index in [2.05, 4.69) is 17.0 Å². The van der Waals surface area contributed by atoms with Crippen molar-refractivity contribution in [2.75, 3.05) is 12.0 Å². The summed E-state index contributed by atoms with van der Waals surface area (Å²) in [6, 6.07) is 1.70. The van der Waals surface area contributed by atoms with Gasteiger partial charge in [-0.15, -0.1) is 17.9 Å². The molecule has 1 amide bonds. The predicted octanol–water partition coefficient (Wildman–Crippen LogP) is 1.82. The van der Waals surface area contributed by atoms with Gasteiger partial charge in [0.25, 0.3) is 11.5 Å². The van der Waals surface area contributed by atoms with Gasteiger partial charge in [0.05, 0.1) is 12.0 Å². The number of amides is 1. The average Bonchev–Trinajstić information content (AvgIpc) is 2.91. The molecule has 1 atom stereocenters. The Balaban J connectivity index is 2.17. The largest absolute Gasteiger partial charge is 0.368 e. The van der Waals surface area contributed by atoms with Gasteiger partial charge in [-0.25, -0.2) is 9.66 Å². The van der Waals surface area contributed by atoms with Crippen LogP contribution in [0, 0.1) is 6.92 Å². The molecular weight excluding hydrogens is 290 g/mol. The fourth-order valence-corrected chi connectivity index (χ4v) is 2.55. The Labute approximate surface area is 126 Å². The van der Waals surface area contributed by atoms with Gasteiger partial charge in [0.1, 0.15) is 16.8 Å². The number of hydrogen-bond acceptors (Lipinski definition) is 5. The highest BCUT2D eigenvalue weighted by molar-refractivity contribution is 7.16. The lowest BCUT2D eigenvalue weighted by molar-refractivity contribution is -0.127. The van der Waals surface area contributed by atoms with Gasteiger partial charge in [0, 0.05) is 0 Å². The number of carbonyl (C=O) groups is 1. The zero-order valence-electron chi connectivity index (χ0n) is 12.0. The lowest BCUT2D eigenvalue weighted by atomic mass is 10.3. The lowest BCUT2D eigenvalue weighted by Crippen LogP contribution is -2.40. The standard InChI is InChI=1S/C14H17N3O3S/c1-4-5-7-20-9(2)12(18)16-17-10(3)15-13-11(14(17)19)6-8-21-13/h4,6,8-9H,1,5,7H2,2-3H3,(H,16,18). The Hall–Kier alpha value is -1.99. The van der Waals surface area contributed by atoms with Gasteiger partial charge >= 0.3 is 0 Å². The van der Waals surface area contributed by atoms with Crippen LogP contribution in [0.4, 0.5) is 0 Å². The van der Waals surface area contributed by atoms with Crippen molar-refractivity contribution in [2.45, 2.75) is 26.4 Å². The van der Waals surface area contributed by atoms with Gasteiger partial charge in [-0.1, -0.05) is 6.08 Å². The second kappa shape index (κ2) is 6.64. The van der Waals surface area contributed by atoms with Crippen molar-refractivity contribution in [3.63, 3.8) is 0 Å². The zero-order chi connectivity index (χ0) is 15.4. The topological polar surface area (TPSA) is 73.2 Å². The van der Waals surface area contributed by atoms with Crippen LogP contribution in [0.1, 0.15) is 19.2 Å². The minimum atomic E-state index is -0.658. The molecule has 0 saturated carbocycles. The molecule has 2 aromatic heterocycles. The van der Waals surface area contributed by atoms with Crippen LogP contribution in [0.5, 0.6) is 0 Å². The minimum Gasteiger partial charge on any atom is -0.368 e. The number of nitrogens with one attached hydrogen (secondary N) is 1. The maximum atomic E-state index is 12.3. The number of hydrogen-bond donors (Lipinski definition) is 1. The molecule has 6 nitrogen and oxygen atoms in total. The van der Waals surface area contributed by atoms with Crippen molar-refractivity contribution in [1.29, 1.82) is 0 Å². The van der Waals surface area contributed by atoms with Crippen LogP contribution in [0.3, 0.4) is 0 Å². The number of nitrogens with zero attached hydrogens (tertiary/aromatic N) is 2. The molecule has 0 saturated heterocycles. The summed E-state index contributed by atoms with van der Waals surface area (Å²) < 4.78 is 6.51. The molecule has 2 aromatic rings. The van der Waals surface area contributed by atoms with E-state index in [4.69, 9.17) is 4.74 Å². The first-order chi connectivity index (χ1) is 10.0. The molecule has 112 valence electrons. The van der Waals surface area contributed by atoms with E-state index >= 15 is 0 Å². The molecule has 1 unspecified atom stereocenters. The Morgan fingerprint density at radius 3 is 3.14 bits per heavy atom. The van der Waals surface area contributed by atoms with Crippen molar-refractivity contribution in [3.8, 4) is 0 Å². The third-order valence-electron chi connectivity index (χ3n) is 2.95. The highest BCUT2D eigenvalue weighted by Crippen LogP contribution is 2.14. The Morgan fingerprint density at radius 1 is 1.67 bits per heavy atom. The first-order valence-corrected chi connectivity index (χ1v) is 7.42. The average molecular weight is 307 g/mol. The summed E-state index contributed by atoms with van der Waals surface area (Å²) in [5.74, 6) is 0.0437. The second-order valence-electron chi connectivity index (χ2n) is 4.51. The van der Waals surface area contributed by atoms with E-state index in [9.17, 15) is 9.59 Å². The Morgan fingerprint density at radius 2 is 2.43 bits per heavy atom. The van der Waals surface area contributed by atoms with Gasteiger partial charge < -0.3 is 4.74 Å². The number of aryl methyl sites for hydroxylation is 1. The van der Waals surface area contributed by atoms with Crippen molar-refractivity contribution in [3.05, 3.63) is 40.3 Å². The number of ether oxygens (including phenoxy) is 1. The summed E-state index contributed by atoms with van der Waals surface area (Å²) in [6.45, 7) is 7.30.